The molecule has 27 heavy (non-hydrogen) atoms. The minimum Gasteiger partial charge on any atom is -0.379 e. The normalized spacial score (nSPS) is 11.5. The molecule has 0 aliphatic carbocycles. The van der Waals surface area contributed by atoms with E-state index in [2.05, 4.69) is 15.3 Å². The maximum absolute atomic E-state index is 11.6. The Morgan fingerprint density at radius 3 is 1.96 bits per heavy atom. The zero-order valence-electron chi connectivity index (χ0n) is 14.5. The molecule has 3 aromatic carbocycles. The molecule has 0 saturated heterocycles. The molecule has 0 spiro atoms. The highest BCUT2D eigenvalue weighted by Crippen LogP contribution is 2.31. The highest BCUT2D eigenvalue weighted by atomic mass is 35.5. The van der Waals surface area contributed by atoms with E-state index in [9.17, 15) is 5.11 Å². The number of anilines is 1. The lowest BCUT2D eigenvalue weighted by Crippen LogP contribution is -2.35. The van der Waals surface area contributed by atoms with Crippen LogP contribution in [0.25, 0.3) is 10.9 Å². The number of fused-ring (bicyclic) bond motifs is 1. The average molecular weight is 376 g/mol. The van der Waals surface area contributed by atoms with Crippen LogP contribution in [0.4, 0.5) is 5.82 Å². The van der Waals surface area contributed by atoms with Gasteiger partial charge in [-0.15, -0.1) is 0 Å². The minimum absolute atomic E-state index is 0.166. The molecule has 134 valence electrons. The number of hydrogen-bond donors (Lipinski definition) is 2. The third-order valence-corrected chi connectivity index (χ3v) is 4.76. The van der Waals surface area contributed by atoms with Crippen LogP contribution < -0.4 is 5.32 Å². The van der Waals surface area contributed by atoms with E-state index in [0.717, 1.165) is 22.0 Å². The second-order valence-corrected chi connectivity index (χ2v) is 6.64. The van der Waals surface area contributed by atoms with E-state index in [-0.39, 0.29) is 11.8 Å². The number of aromatic nitrogens is 2. The van der Waals surface area contributed by atoms with Gasteiger partial charge >= 0.3 is 0 Å². The molecule has 0 fully saturated rings. The SMILES string of the molecule is OC(CNc1nc(Cl)nc2ccccc12)(c1ccccc1)c1ccccc1. The fourth-order valence-electron chi connectivity index (χ4n) is 3.19. The highest BCUT2D eigenvalue weighted by Gasteiger charge is 2.31. The quantitative estimate of drug-likeness (QED) is 0.499. The van der Waals surface area contributed by atoms with Gasteiger partial charge in [0.15, 0.2) is 0 Å². The highest BCUT2D eigenvalue weighted by molar-refractivity contribution is 6.28. The molecular weight excluding hydrogens is 358 g/mol. The molecule has 1 aromatic heterocycles. The van der Waals surface area contributed by atoms with Crippen LogP contribution in [-0.2, 0) is 5.60 Å². The van der Waals surface area contributed by atoms with Crippen molar-refractivity contribution in [2.24, 2.45) is 0 Å². The molecule has 0 amide bonds. The topological polar surface area (TPSA) is 58.0 Å². The molecule has 0 bridgehead atoms. The van der Waals surface area contributed by atoms with E-state index < -0.39 is 5.60 Å². The number of rotatable bonds is 5. The van der Waals surface area contributed by atoms with Crippen molar-refractivity contribution >= 4 is 28.3 Å². The summed E-state index contributed by atoms with van der Waals surface area (Å²) >= 11 is 6.08. The Morgan fingerprint density at radius 1 is 0.778 bits per heavy atom. The summed E-state index contributed by atoms with van der Waals surface area (Å²) in [5.74, 6) is 0.593. The minimum atomic E-state index is -1.22. The summed E-state index contributed by atoms with van der Waals surface area (Å²) in [5.41, 5.74) is 1.13. The standard InChI is InChI=1S/C22H18ClN3O/c23-21-25-19-14-8-7-13-18(19)20(26-21)24-15-22(27,16-9-3-1-4-10-16)17-11-5-2-6-12-17/h1-14,27H,15H2,(H,24,25,26). The van der Waals surface area contributed by atoms with Crippen molar-refractivity contribution in [3.63, 3.8) is 0 Å². The van der Waals surface area contributed by atoms with E-state index in [1.165, 1.54) is 0 Å². The van der Waals surface area contributed by atoms with Gasteiger partial charge in [-0.3, -0.25) is 0 Å². The Balaban J connectivity index is 1.74. The van der Waals surface area contributed by atoms with Crippen molar-refractivity contribution in [3.05, 3.63) is 101 Å². The Bertz CT molecular complexity index is 1020. The number of aliphatic hydroxyl groups is 1. The lowest BCUT2D eigenvalue weighted by molar-refractivity contribution is 0.0949. The molecule has 0 saturated carbocycles. The van der Waals surface area contributed by atoms with Gasteiger partial charge in [-0.25, -0.2) is 9.97 Å². The van der Waals surface area contributed by atoms with Crippen LogP contribution in [0.1, 0.15) is 11.1 Å². The van der Waals surface area contributed by atoms with Gasteiger partial charge in [-0.05, 0) is 34.9 Å². The zero-order valence-corrected chi connectivity index (χ0v) is 15.3. The molecule has 2 N–H and O–H groups in total. The van der Waals surface area contributed by atoms with Crippen LogP contribution >= 0.6 is 11.6 Å². The van der Waals surface area contributed by atoms with Crippen LogP contribution in [0.2, 0.25) is 5.28 Å². The number of nitrogens with zero attached hydrogens (tertiary/aromatic N) is 2. The summed E-state index contributed by atoms with van der Waals surface area (Å²) in [6, 6.07) is 26.8. The van der Waals surface area contributed by atoms with Gasteiger partial charge in [0, 0.05) is 5.39 Å². The molecule has 4 rings (SSSR count). The van der Waals surface area contributed by atoms with Crippen LogP contribution in [-0.4, -0.2) is 21.6 Å². The lowest BCUT2D eigenvalue weighted by Gasteiger charge is -2.30. The number of hydrogen-bond acceptors (Lipinski definition) is 4. The largest absolute Gasteiger partial charge is 0.379 e. The zero-order chi connectivity index (χ0) is 18.7. The number of para-hydroxylation sites is 1. The summed E-state index contributed by atoms with van der Waals surface area (Å²) in [7, 11) is 0. The average Bonchev–Trinajstić information content (AvgIpc) is 2.73. The van der Waals surface area contributed by atoms with E-state index in [1.807, 2.05) is 84.9 Å². The van der Waals surface area contributed by atoms with Gasteiger partial charge in [-0.2, -0.15) is 0 Å². The number of nitrogens with one attached hydrogen (secondary N) is 1. The van der Waals surface area contributed by atoms with Crippen LogP contribution in [0, 0.1) is 0 Å². The molecule has 5 heteroatoms. The maximum atomic E-state index is 11.6. The second kappa shape index (κ2) is 7.35. The molecule has 0 aliphatic heterocycles. The van der Waals surface area contributed by atoms with E-state index in [4.69, 9.17) is 11.6 Å². The van der Waals surface area contributed by atoms with E-state index in [1.54, 1.807) is 0 Å². The van der Waals surface area contributed by atoms with Gasteiger partial charge < -0.3 is 10.4 Å². The predicted molar refractivity (Wildman–Crippen MR) is 109 cm³/mol. The Labute approximate surface area is 162 Å². The molecular formula is C22H18ClN3O. The Morgan fingerprint density at radius 2 is 1.33 bits per heavy atom. The first-order chi connectivity index (χ1) is 13.2. The second-order valence-electron chi connectivity index (χ2n) is 6.30. The molecule has 1 heterocycles. The third-order valence-electron chi connectivity index (χ3n) is 4.59. The van der Waals surface area contributed by atoms with Crippen molar-refractivity contribution in [1.82, 2.24) is 9.97 Å². The van der Waals surface area contributed by atoms with Crippen molar-refractivity contribution in [2.75, 3.05) is 11.9 Å². The Kier molecular flexibility index (Phi) is 4.75. The van der Waals surface area contributed by atoms with Crippen molar-refractivity contribution in [1.29, 1.82) is 0 Å². The summed E-state index contributed by atoms with van der Waals surface area (Å²) in [4.78, 5) is 8.57. The van der Waals surface area contributed by atoms with Crippen LogP contribution in [0.3, 0.4) is 0 Å². The summed E-state index contributed by atoms with van der Waals surface area (Å²) < 4.78 is 0. The lowest BCUT2D eigenvalue weighted by atomic mass is 9.86. The molecule has 4 aromatic rings. The maximum Gasteiger partial charge on any atom is 0.224 e. The summed E-state index contributed by atoms with van der Waals surface area (Å²) in [6.07, 6.45) is 0. The van der Waals surface area contributed by atoms with Crippen molar-refractivity contribution in [2.45, 2.75) is 5.60 Å². The van der Waals surface area contributed by atoms with E-state index in [0.29, 0.717) is 5.82 Å². The first kappa shape index (κ1) is 17.5. The molecule has 0 atom stereocenters. The smallest absolute Gasteiger partial charge is 0.224 e. The number of halogens is 1. The van der Waals surface area contributed by atoms with Crippen LogP contribution in [0.15, 0.2) is 84.9 Å². The fraction of sp³-hybridized carbons (Fsp3) is 0.0909. The molecule has 0 aliphatic rings. The van der Waals surface area contributed by atoms with Crippen molar-refractivity contribution in [3.8, 4) is 0 Å². The molecule has 4 nitrogen and oxygen atoms in total. The van der Waals surface area contributed by atoms with E-state index >= 15 is 0 Å². The van der Waals surface area contributed by atoms with Gasteiger partial charge in [0.1, 0.15) is 11.4 Å². The monoisotopic (exact) mass is 375 g/mol. The summed E-state index contributed by atoms with van der Waals surface area (Å²) in [6.45, 7) is 0.234. The van der Waals surface area contributed by atoms with Crippen molar-refractivity contribution < 1.29 is 5.11 Å². The first-order valence-corrected chi connectivity index (χ1v) is 9.04. The number of benzene rings is 3. The first-order valence-electron chi connectivity index (χ1n) is 8.66. The van der Waals surface area contributed by atoms with Gasteiger partial charge in [0.05, 0.1) is 12.1 Å². The Hall–Kier alpha value is -2.95. The fourth-order valence-corrected chi connectivity index (χ4v) is 3.37. The summed E-state index contributed by atoms with van der Waals surface area (Å²) in [5, 5.41) is 15.9. The molecule has 0 radical (unpaired) electrons. The third kappa shape index (κ3) is 3.50. The molecule has 0 unspecified atom stereocenters. The van der Waals surface area contributed by atoms with Gasteiger partial charge in [0.25, 0.3) is 0 Å². The van der Waals surface area contributed by atoms with Gasteiger partial charge in [0.2, 0.25) is 5.28 Å². The van der Waals surface area contributed by atoms with Gasteiger partial charge in [-0.1, -0.05) is 72.8 Å². The predicted octanol–water partition coefficient (Wildman–Crippen LogP) is 4.63. The van der Waals surface area contributed by atoms with Crippen LogP contribution in [0.5, 0.6) is 0 Å².